The first-order valence-corrected chi connectivity index (χ1v) is 7.35. The lowest BCUT2D eigenvalue weighted by Crippen LogP contribution is -2.38. The molecule has 1 aliphatic heterocycles. The smallest absolute Gasteiger partial charge is 0.130 e. The maximum atomic E-state index is 9.96. The van der Waals surface area contributed by atoms with E-state index < -0.39 is 0 Å². The summed E-state index contributed by atoms with van der Waals surface area (Å²) < 4.78 is 7.62. The number of hydrogen-bond donors (Lipinski definition) is 1. The Kier molecular flexibility index (Phi) is 3.36. The molecule has 2 unspecified atom stereocenters. The van der Waals surface area contributed by atoms with E-state index in [0.29, 0.717) is 11.1 Å². The summed E-state index contributed by atoms with van der Waals surface area (Å²) in [5.74, 6) is 0.630. The molecule has 1 aliphatic carbocycles. The van der Waals surface area contributed by atoms with Crippen LogP contribution in [-0.4, -0.2) is 34.2 Å². The van der Waals surface area contributed by atoms with Crippen molar-refractivity contribution in [2.45, 2.75) is 38.7 Å². The van der Waals surface area contributed by atoms with Gasteiger partial charge in [-0.15, -0.1) is 0 Å². The van der Waals surface area contributed by atoms with Gasteiger partial charge in [0.25, 0.3) is 0 Å². The highest BCUT2D eigenvalue weighted by Gasteiger charge is 2.51. The van der Waals surface area contributed by atoms with Crippen LogP contribution >= 0.6 is 11.6 Å². The van der Waals surface area contributed by atoms with Crippen LogP contribution in [0.2, 0.25) is 5.15 Å². The first-order chi connectivity index (χ1) is 9.07. The maximum Gasteiger partial charge on any atom is 0.130 e. The third-order valence-corrected chi connectivity index (χ3v) is 5.14. The van der Waals surface area contributed by atoms with E-state index in [0.717, 1.165) is 30.7 Å². The lowest BCUT2D eigenvalue weighted by Gasteiger charge is -2.32. The van der Waals surface area contributed by atoms with Crippen molar-refractivity contribution in [3.8, 4) is 0 Å². The predicted octanol–water partition coefficient (Wildman–Crippen LogP) is 2.10. The first kappa shape index (κ1) is 13.4. The molecule has 1 saturated heterocycles. The summed E-state index contributed by atoms with van der Waals surface area (Å²) in [7, 11) is 1.86. The molecular formula is C14H21ClN2O2. The van der Waals surface area contributed by atoms with Crippen molar-refractivity contribution in [1.82, 2.24) is 9.78 Å². The standard InChI is InChI=1S/C14H21ClN2O2/c1-9-11(13(15)17(2)16-9)7-14(8-18)5-6-19-12(14)10-3-4-10/h10,12,18H,3-8H2,1-2H3. The highest BCUT2D eigenvalue weighted by atomic mass is 35.5. The van der Waals surface area contributed by atoms with Gasteiger partial charge in [0, 0.05) is 24.6 Å². The van der Waals surface area contributed by atoms with Gasteiger partial charge in [0.2, 0.25) is 0 Å². The fraction of sp³-hybridized carbons (Fsp3) is 0.786. The maximum absolute atomic E-state index is 9.96. The number of hydrogen-bond acceptors (Lipinski definition) is 3. The summed E-state index contributed by atoms with van der Waals surface area (Å²) >= 11 is 6.33. The molecule has 5 heteroatoms. The quantitative estimate of drug-likeness (QED) is 0.921. The number of rotatable bonds is 4. The predicted molar refractivity (Wildman–Crippen MR) is 73.3 cm³/mol. The number of aryl methyl sites for hydroxylation is 2. The van der Waals surface area contributed by atoms with E-state index in [1.54, 1.807) is 4.68 Å². The Bertz CT molecular complexity index is 484. The summed E-state index contributed by atoms with van der Waals surface area (Å²) in [5, 5.41) is 15.0. The molecule has 1 aromatic rings. The number of aromatic nitrogens is 2. The van der Waals surface area contributed by atoms with Gasteiger partial charge in [-0.1, -0.05) is 11.6 Å². The van der Waals surface area contributed by atoms with Crippen LogP contribution in [0.15, 0.2) is 0 Å². The van der Waals surface area contributed by atoms with Crippen LogP contribution in [0.25, 0.3) is 0 Å². The van der Waals surface area contributed by atoms with Crippen molar-refractivity contribution in [2.75, 3.05) is 13.2 Å². The van der Waals surface area contributed by atoms with Crippen molar-refractivity contribution in [1.29, 1.82) is 0 Å². The molecule has 106 valence electrons. The van der Waals surface area contributed by atoms with Crippen LogP contribution in [0.1, 0.15) is 30.5 Å². The molecule has 2 heterocycles. The van der Waals surface area contributed by atoms with Crippen LogP contribution in [0, 0.1) is 18.3 Å². The van der Waals surface area contributed by atoms with Gasteiger partial charge in [0.15, 0.2) is 0 Å². The average Bonchev–Trinajstić information content (AvgIpc) is 3.11. The summed E-state index contributed by atoms with van der Waals surface area (Å²) in [6.07, 6.45) is 4.32. The van der Waals surface area contributed by atoms with Crippen LogP contribution < -0.4 is 0 Å². The van der Waals surface area contributed by atoms with Crippen molar-refractivity contribution in [3.63, 3.8) is 0 Å². The van der Waals surface area contributed by atoms with Crippen LogP contribution in [0.4, 0.5) is 0 Å². The van der Waals surface area contributed by atoms with Crippen LogP contribution in [-0.2, 0) is 18.2 Å². The highest BCUT2D eigenvalue weighted by molar-refractivity contribution is 6.30. The van der Waals surface area contributed by atoms with Crippen LogP contribution in [0.3, 0.4) is 0 Å². The van der Waals surface area contributed by atoms with Gasteiger partial charge in [-0.05, 0) is 38.5 Å². The minimum atomic E-state index is -0.168. The normalized spacial score (nSPS) is 31.1. The Balaban J connectivity index is 1.90. The Morgan fingerprint density at radius 3 is 2.79 bits per heavy atom. The molecule has 19 heavy (non-hydrogen) atoms. The van der Waals surface area contributed by atoms with E-state index in [2.05, 4.69) is 5.10 Å². The number of halogens is 1. The van der Waals surface area contributed by atoms with Crippen molar-refractivity contribution >= 4 is 11.6 Å². The molecule has 4 nitrogen and oxygen atoms in total. The number of nitrogens with zero attached hydrogens (tertiary/aromatic N) is 2. The van der Waals surface area contributed by atoms with E-state index in [1.165, 1.54) is 12.8 Å². The zero-order valence-corrected chi connectivity index (χ0v) is 12.3. The van der Waals surface area contributed by atoms with E-state index in [-0.39, 0.29) is 18.1 Å². The van der Waals surface area contributed by atoms with Gasteiger partial charge in [-0.2, -0.15) is 5.10 Å². The number of ether oxygens (including phenoxy) is 1. The van der Waals surface area contributed by atoms with Gasteiger partial charge >= 0.3 is 0 Å². The highest BCUT2D eigenvalue weighted by Crippen LogP contribution is 2.49. The summed E-state index contributed by atoms with van der Waals surface area (Å²) in [6.45, 7) is 2.89. The second-order valence-corrected chi connectivity index (χ2v) is 6.41. The van der Waals surface area contributed by atoms with Gasteiger partial charge in [0.05, 0.1) is 18.4 Å². The molecule has 0 spiro atoms. The van der Waals surface area contributed by atoms with E-state index in [4.69, 9.17) is 16.3 Å². The zero-order valence-electron chi connectivity index (χ0n) is 11.5. The molecule has 2 fully saturated rings. The third kappa shape index (κ3) is 2.20. The summed E-state index contributed by atoms with van der Waals surface area (Å²) in [6, 6.07) is 0. The minimum absolute atomic E-state index is 0.166. The molecule has 2 aliphatic rings. The Labute approximate surface area is 118 Å². The molecule has 1 aromatic heterocycles. The summed E-state index contributed by atoms with van der Waals surface area (Å²) in [5.41, 5.74) is 1.86. The molecule has 2 atom stereocenters. The van der Waals surface area contributed by atoms with Crippen molar-refractivity contribution < 1.29 is 9.84 Å². The fourth-order valence-corrected chi connectivity index (χ4v) is 3.63. The molecular weight excluding hydrogens is 264 g/mol. The number of aliphatic hydroxyl groups is 1. The number of aliphatic hydroxyl groups excluding tert-OH is 1. The molecule has 0 aromatic carbocycles. The van der Waals surface area contributed by atoms with Gasteiger partial charge in [-0.3, -0.25) is 4.68 Å². The Hall–Kier alpha value is -0.580. The molecule has 0 radical (unpaired) electrons. The van der Waals surface area contributed by atoms with Gasteiger partial charge < -0.3 is 9.84 Å². The average molecular weight is 285 g/mol. The summed E-state index contributed by atoms with van der Waals surface area (Å²) in [4.78, 5) is 0. The van der Waals surface area contributed by atoms with E-state index in [1.807, 2.05) is 14.0 Å². The zero-order chi connectivity index (χ0) is 13.6. The first-order valence-electron chi connectivity index (χ1n) is 6.98. The minimum Gasteiger partial charge on any atom is -0.396 e. The molecule has 1 saturated carbocycles. The van der Waals surface area contributed by atoms with Crippen molar-refractivity contribution in [3.05, 3.63) is 16.4 Å². The molecule has 3 rings (SSSR count). The van der Waals surface area contributed by atoms with E-state index in [9.17, 15) is 5.11 Å². The largest absolute Gasteiger partial charge is 0.396 e. The van der Waals surface area contributed by atoms with Crippen molar-refractivity contribution in [2.24, 2.45) is 18.4 Å². The second kappa shape index (κ2) is 4.76. The van der Waals surface area contributed by atoms with Gasteiger partial charge in [-0.25, -0.2) is 0 Å². The topological polar surface area (TPSA) is 47.3 Å². The fourth-order valence-electron chi connectivity index (χ4n) is 3.38. The SMILES string of the molecule is Cc1nn(C)c(Cl)c1CC1(CO)CCOC1C1CC1. The lowest BCUT2D eigenvalue weighted by atomic mass is 9.75. The Morgan fingerprint density at radius 1 is 1.53 bits per heavy atom. The Morgan fingerprint density at radius 2 is 2.26 bits per heavy atom. The molecule has 0 amide bonds. The third-order valence-electron chi connectivity index (χ3n) is 4.66. The van der Waals surface area contributed by atoms with E-state index >= 15 is 0 Å². The lowest BCUT2D eigenvalue weighted by molar-refractivity contribution is 0.000528. The molecule has 1 N–H and O–H groups in total. The monoisotopic (exact) mass is 284 g/mol. The second-order valence-electron chi connectivity index (χ2n) is 6.05. The van der Waals surface area contributed by atoms with Crippen LogP contribution in [0.5, 0.6) is 0 Å². The molecule has 0 bridgehead atoms. The van der Waals surface area contributed by atoms with Gasteiger partial charge in [0.1, 0.15) is 5.15 Å².